The number of carbonyl (C=O) groups is 2. The number of carbonyl (C=O) groups excluding carboxylic acids is 2. The van der Waals surface area contributed by atoms with Crippen molar-refractivity contribution in [2.45, 2.75) is 37.9 Å². The van der Waals surface area contributed by atoms with Gasteiger partial charge in [0.15, 0.2) is 5.12 Å². The number of hydrogen-bond acceptors (Lipinski definition) is 4. The predicted molar refractivity (Wildman–Crippen MR) is 66.2 cm³/mol. The number of nitrogens with zero attached hydrogens (tertiary/aromatic N) is 1. The molecule has 0 bridgehead atoms. The lowest BCUT2D eigenvalue weighted by Gasteiger charge is -2.15. The van der Waals surface area contributed by atoms with Gasteiger partial charge in [0.25, 0.3) is 0 Å². The van der Waals surface area contributed by atoms with Crippen molar-refractivity contribution < 1.29 is 9.59 Å². The van der Waals surface area contributed by atoms with Gasteiger partial charge in [0.2, 0.25) is 5.91 Å². The van der Waals surface area contributed by atoms with Gasteiger partial charge in [-0.15, -0.1) is 0 Å². The normalized spacial score (nSPS) is 20.5. The second-order valence-electron chi connectivity index (χ2n) is 4.12. The Kier molecular flexibility index (Phi) is 5.84. The molecule has 1 amide bonds. The fourth-order valence-electron chi connectivity index (χ4n) is 1.89. The first-order chi connectivity index (χ1) is 7.63. The van der Waals surface area contributed by atoms with E-state index in [1.54, 1.807) is 6.92 Å². The fraction of sp³-hybridized carbons (Fsp3) is 0.818. The second-order valence-corrected chi connectivity index (χ2v) is 5.60. The molecule has 0 aromatic rings. The summed E-state index contributed by atoms with van der Waals surface area (Å²) in [5.74, 6) is 0.187. The molecule has 1 heterocycles. The molecule has 1 unspecified atom stereocenters. The van der Waals surface area contributed by atoms with E-state index in [4.69, 9.17) is 5.73 Å². The number of amides is 1. The van der Waals surface area contributed by atoms with Crippen molar-refractivity contribution in [1.82, 2.24) is 4.90 Å². The standard InChI is InChI=1S/C11H20N2O2S/c1-9(14)16-10-7-11(15)13(8-10)6-4-2-3-5-12/h10H,2-8,12H2,1H3. The van der Waals surface area contributed by atoms with E-state index in [-0.39, 0.29) is 16.3 Å². The lowest BCUT2D eigenvalue weighted by molar-refractivity contribution is -0.127. The van der Waals surface area contributed by atoms with E-state index in [1.165, 1.54) is 11.8 Å². The monoisotopic (exact) mass is 244 g/mol. The quantitative estimate of drug-likeness (QED) is 0.708. The van der Waals surface area contributed by atoms with Crippen LogP contribution in [0.3, 0.4) is 0 Å². The summed E-state index contributed by atoms with van der Waals surface area (Å²) < 4.78 is 0. The molecular formula is C11H20N2O2S. The van der Waals surface area contributed by atoms with Crippen molar-refractivity contribution in [3.05, 3.63) is 0 Å². The molecule has 0 aliphatic carbocycles. The Labute approximate surface area is 101 Å². The summed E-state index contributed by atoms with van der Waals surface area (Å²) in [6, 6.07) is 0. The number of thioether (sulfide) groups is 1. The van der Waals surface area contributed by atoms with E-state index in [1.807, 2.05) is 4.90 Å². The highest BCUT2D eigenvalue weighted by atomic mass is 32.2. The Morgan fingerprint density at radius 2 is 2.25 bits per heavy atom. The fourth-order valence-corrected chi connectivity index (χ4v) is 2.84. The molecule has 5 heteroatoms. The summed E-state index contributed by atoms with van der Waals surface area (Å²) in [6.45, 7) is 3.81. The van der Waals surface area contributed by atoms with Gasteiger partial charge in [0.1, 0.15) is 0 Å². The Hall–Kier alpha value is -0.550. The molecule has 1 saturated heterocycles. The third kappa shape index (κ3) is 4.53. The molecule has 0 aromatic carbocycles. The molecule has 1 aliphatic rings. The van der Waals surface area contributed by atoms with Gasteiger partial charge in [-0.25, -0.2) is 0 Å². The maximum atomic E-state index is 11.6. The third-order valence-corrected chi connectivity index (χ3v) is 3.62. The van der Waals surface area contributed by atoms with Crippen molar-refractivity contribution in [3.63, 3.8) is 0 Å². The van der Waals surface area contributed by atoms with Gasteiger partial charge in [-0.05, 0) is 19.4 Å². The lowest BCUT2D eigenvalue weighted by Crippen LogP contribution is -2.26. The lowest BCUT2D eigenvalue weighted by atomic mass is 10.2. The molecular weight excluding hydrogens is 224 g/mol. The van der Waals surface area contributed by atoms with Gasteiger partial charge < -0.3 is 10.6 Å². The summed E-state index contributed by atoms with van der Waals surface area (Å²) in [4.78, 5) is 24.4. The van der Waals surface area contributed by atoms with Crippen LogP contribution in [0.2, 0.25) is 0 Å². The van der Waals surface area contributed by atoms with E-state index < -0.39 is 0 Å². The average molecular weight is 244 g/mol. The molecule has 4 nitrogen and oxygen atoms in total. The maximum Gasteiger partial charge on any atom is 0.223 e. The first-order valence-corrected chi connectivity index (χ1v) is 6.66. The number of rotatable bonds is 6. The minimum Gasteiger partial charge on any atom is -0.342 e. The molecule has 1 atom stereocenters. The maximum absolute atomic E-state index is 11.6. The van der Waals surface area contributed by atoms with Crippen LogP contribution < -0.4 is 5.73 Å². The summed E-state index contributed by atoms with van der Waals surface area (Å²) in [6.07, 6.45) is 3.62. The van der Waals surface area contributed by atoms with Crippen LogP contribution in [0.25, 0.3) is 0 Å². The molecule has 0 radical (unpaired) electrons. The van der Waals surface area contributed by atoms with Gasteiger partial charge in [-0.3, -0.25) is 9.59 Å². The molecule has 1 rings (SSSR count). The molecule has 0 aromatic heterocycles. The first kappa shape index (κ1) is 13.5. The highest BCUT2D eigenvalue weighted by Gasteiger charge is 2.30. The zero-order valence-electron chi connectivity index (χ0n) is 9.78. The van der Waals surface area contributed by atoms with Crippen molar-refractivity contribution >= 4 is 22.8 Å². The molecule has 92 valence electrons. The van der Waals surface area contributed by atoms with Crippen molar-refractivity contribution in [1.29, 1.82) is 0 Å². The predicted octanol–water partition coefficient (Wildman–Crippen LogP) is 0.996. The zero-order valence-corrected chi connectivity index (χ0v) is 10.6. The van der Waals surface area contributed by atoms with Crippen LogP contribution in [0.5, 0.6) is 0 Å². The minimum absolute atomic E-state index is 0.0998. The van der Waals surface area contributed by atoms with Gasteiger partial charge >= 0.3 is 0 Å². The Balaban J connectivity index is 2.23. The molecule has 16 heavy (non-hydrogen) atoms. The topological polar surface area (TPSA) is 63.4 Å². The molecule has 0 spiro atoms. The number of unbranched alkanes of at least 4 members (excludes halogenated alkanes) is 2. The van der Waals surface area contributed by atoms with Gasteiger partial charge in [0.05, 0.1) is 0 Å². The van der Waals surface area contributed by atoms with Crippen LogP contribution in [0.15, 0.2) is 0 Å². The van der Waals surface area contributed by atoms with Gasteiger partial charge in [-0.2, -0.15) is 0 Å². The smallest absolute Gasteiger partial charge is 0.223 e. The Morgan fingerprint density at radius 1 is 1.50 bits per heavy atom. The van der Waals surface area contributed by atoms with Gasteiger partial charge in [0, 0.05) is 31.7 Å². The van der Waals surface area contributed by atoms with Crippen LogP contribution >= 0.6 is 11.8 Å². The van der Waals surface area contributed by atoms with E-state index in [0.29, 0.717) is 6.42 Å². The summed E-state index contributed by atoms with van der Waals surface area (Å²) >= 11 is 1.29. The number of nitrogens with two attached hydrogens (primary N) is 1. The molecule has 1 aliphatic heterocycles. The van der Waals surface area contributed by atoms with Crippen molar-refractivity contribution in [3.8, 4) is 0 Å². The Morgan fingerprint density at radius 3 is 2.88 bits per heavy atom. The van der Waals surface area contributed by atoms with Gasteiger partial charge in [-0.1, -0.05) is 18.2 Å². The number of likely N-dealkylation sites (tertiary alicyclic amines) is 1. The molecule has 0 saturated carbocycles. The summed E-state index contributed by atoms with van der Waals surface area (Å²) in [7, 11) is 0. The van der Waals surface area contributed by atoms with Crippen LogP contribution in [0, 0.1) is 0 Å². The third-order valence-electron chi connectivity index (χ3n) is 2.64. The second kappa shape index (κ2) is 6.91. The van der Waals surface area contributed by atoms with Crippen LogP contribution in [0.4, 0.5) is 0 Å². The van der Waals surface area contributed by atoms with E-state index >= 15 is 0 Å². The van der Waals surface area contributed by atoms with E-state index in [0.717, 1.165) is 38.9 Å². The zero-order chi connectivity index (χ0) is 12.0. The SMILES string of the molecule is CC(=O)SC1CC(=O)N(CCCCCN)C1. The van der Waals surface area contributed by atoms with Crippen molar-refractivity contribution in [2.24, 2.45) is 5.73 Å². The van der Waals surface area contributed by atoms with E-state index in [2.05, 4.69) is 0 Å². The van der Waals surface area contributed by atoms with Crippen LogP contribution in [0.1, 0.15) is 32.6 Å². The Bertz CT molecular complexity index is 258. The summed E-state index contributed by atoms with van der Waals surface area (Å²) in [5, 5.41) is 0.266. The number of hydrogen-bond donors (Lipinski definition) is 1. The molecule has 2 N–H and O–H groups in total. The highest BCUT2D eigenvalue weighted by molar-refractivity contribution is 8.14. The first-order valence-electron chi connectivity index (χ1n) is 5.78. The minimum atomic E-state index is 0.0998. The van der Waals surface area contributed by atoms with Crippen LogP contribution in [-0.2, 0) is 9.59 Å². The summed E-state index contributed by atoms with van der Waals surface area (Å²) in [5.41, 5.74) is 5.41. The highest BCUT2D eigenvalue weighted by Crippen LogP contribution is 2.24. The molecule has 1 fully saturated rings. The van der Waals surface area contributed by atoms with Crippen molar-refractivity contribution in [2.75, 3.05) is 19.6 Å². The average Bonchev–Trinajstić information content (AvgIpc) is 2.53. The van der Waals surface area contributed by atoms with Crippen LogP contribution in [-0.4, -0.2) is 40.8 Å². The largest absolute Gasteiger partial charge is 0.342 e. The van der Waals surface area contributed by atoms with E-state index in [9.17, 15) is 9.59 Å².